The van der Waals surface area contributed by atoms with Crippen molar-refractivity contribution >= 4 is 47.6 Å². The molecule has 0 aliphatic heterocycles. The van der Waals surface area contributed by atoms with Crippen LogP contribution in [0.2, 0.25) is 0 Å². The van der Waals surface area contributed by atoms with Gasteiger partial charge in [0.15, 0.2) is 5.96 Å². The Kier molecular flexibility index (Phi) is 11.8. The van der Waals surface area contributed by atoms with Crippen molar-refractivity contribution in [3.8, 4) is 0 Å². The first-order valence-electron chi connectivity index (χ1n) is 9.49. The average Bonchev–Trinajstić information content (AvgIpc) is 2.72. The predicted molar refractivity (Wildman–Crippen MR) is 135 cm³/mol. The zero-order valence-corrected chi connectivity index (χ0v) is 20.7. The summed E-state index contributed by atoms with van der Waals surface area (Å²) in [6.45, 7) is 4.25. The van der Waals surface area contributed by atoms with Gasteiger partial charge < -0.3 is 15.5 Å². The second-order valence-corrected chi connectivity index (χ2v) is 7.50. The fourth-order valence-electron chi connectivity index (χ4n) is 2.69. The van der Waals surface area contributed by atoms with E-state index >= 15 is 0 Å². The number of hydrogen-bond donors (Lipinski definition) is 2. The molecule has 0 fully saturated rings. The van der Waals surface area contributed by atoms with E-state index in [1.165, 1.54) is 10.5 Å². The lowest BCUT2D eigenvalue weighted by Crippen LogP contribution is -2.38. The Labute approximate surface area is 195 Å². The van der Waals surface area contributed by atoms with Gasteiger partial charge in [0.2, 0.25) is 0 Å². The summed E-state index contributed by atoms with van der Waals surface area (Å²) in [5.41, 5.74) is 3.03. The van der Waals surface area contributed by atoms with Crippen molar-refractivity contribution in [1.82, 2.24) is 15.5 Å². The largest absolute Gasteiger partial charge is 0.357 e. The first kappa shape index (κ1) is 25.3. The molecule has 0 unspecified atom stereocenters. The van der Waals surface area contributed by atoms with Crippen LogP contribution in [-0.4, -0.2) is 50.2 Å². The van der Waals surface area contributed by atoms with Crippen LogP contribution in [0, 0.1) is 0 Å². The predicted octanol–water partition coefficient (Wildman–Crippen LogP) is 4.03. The fourth-order valence-corrected chi connectivity index (χ4v) is 3.09. The van der Waals surface area contributed by atoms with E-state index in [0.717, 1.165) is 36.6 Å². The lowest BCUT2D eigenvalue weighted by atomic mass is 10.1. The molecule has 0 atom stereocenters. The highest BCUT2D eigenvalue weighted by molar-refractivity contribution is 14.0. The van der Waals surface area contributed by atoms with E-state index in [9.17, 15) is 4.79 Å². The van der Waals surface area contributed by atoms with Crippen molar-refractivity contribution < 1.29 is 4.79 Å². The molecule has 29 heavy (non-hydrogen) atoms. The summed E-state index contributed by atoms with van der Waals surface area (Å²) in [6.07, 6.45) is 2.90. The molecule has 5 nitrogen and oxygen atoms in total. The molecule has 158 valence electrons. The topological polar surface area (TPSA) is 56.7 Å². The van der Waals surface area contributed by atoms with Crippen LogP contribution in [-0.2, 0) is 13.0 Å². The van der Waals surface area contributed by atoms with Crippen molar-refractivity contribution in [2.75, 3.05) is 33.4 Å². The molecule has 0 aliphatic carbocycles. The maximum atomic E-state index is 12.1. The van der Waals surface area contributed by atoms with Crippen molar-refractivity contribution in [2.45, 2.75) is 24.8 Å². The number of thioether (sulfide) groups is 1. The summed E-state index contributed by atoms with van der Waals surface area (Å²) in [6, 6.07) is 16.3. The van der Waals surface area contributed by atoms with Gasteiger partial charge in [0, 0.05) is 37.6 Å². The first-order valence-corrected chi connectivity index (χ1v) is 10.7. The second kappa shape index (κ2) is 13.5. The lowest BCUT2D eigenvalue weighted by molar-refractivity contribution is 0.0827. The summed E-state index contributed by atoms with van der Waals surface area (Å²) in [5, 5.41) is 6.65. The van der Waals surface area contributed by atoms with E-state index in [0.29, 0.717) is 6.54 Å². The Bertz CT molecular complexity index is 794. The quantitative estimate of drug-likeness (QED) is 0.236. The van der Waals surface area contributed by atoms with Gasteiger partial charge in [-0.15, -0.1) is 35.7 Å². The average molecular weight is 526 g/mol. The van der Waals surface area contributed by atoms with Gasteiger partial charge >= 0.3 is 0 Å². The van der Waals surface area contributed by atoms with Crippen LogP contribution >= 0.6 is 35.7 Å². The van der Waals surface area contributed by atoms with E-state index in [2.05, 4.69) is 53.1 Å². The maximum absolute atomic E-state index is 12.1. The zero-order valence-electron chi connectivity index (χ0n) is 17.6. The van der Waals surface area contributed by atoms with Gasteiger partial charge in [-0.25, -0.2) is 4.99 Å². The third-order valence-corrected chi connectivity index (χ3v) is 4.95. The number of rotatable bonds is 8. The van der Waals surface area contributed by atoms with E-state index in [4.69, 9.17) is 0 Å². The number of aliphatic imine (C=N–C) groups is 1. The molecule has 0 aliphatic rings. The number of benzene rings is 2. The van der Waals surface area contributed by atoms with Gasteiger partial charge in [-0.3, -0.25) is 4.79 Å². The minimum atomic E-state index is 0. The van der Waals surface area contributed by atoms with Crippen LogP contribution in [0.3, 0.4) is 0 Å². The Hall–Kier alpha value is -1.74. The Morgan fingerprint density at radius 2 is 1.79 bits per heavy atom. The molecule has 2 aromatic rings. The van der Waals surface area contributed by atoms with E-state index in [1.54, 1.807) is 30.8 Å². The van der Waals surface area contributed by atoms with Crippen molar-refractivity contribution in [3.05, 3.63) is 65.2 Å². The second-order valence-electron chi connectivity index (χ2n) is 6.62. The molecule has 0 saturated heterocycles. The smallest absolute Gasteiger partial charge is 0.253 e. The van der Waals surface area contributed by atoms with Gasteiger partial charge in [-0.2, -0.15) is 0 Å². The van der Waals surface area contributed by atoms with Crippen molar-refractivity contribution in [3.63, 3.8) is 0 Å². The highest BCUT2D eigenvalue weighted by Gasteiger charge is 2.08. The summed E-state index contributed by atoms with van der Waals surface area (Å²) in [7, 11) is 3.54. The van der Waals surface area contributed by atoms with Crippen LogP contribution in [0.5, 0.6) is 0 Å². The standard InChI is InChI=1S/C22H30N4OS.HI/c1-5-23-22(25-16-18-9-11-20(28-4)12-10-18)24-14-13-17-7-6-8-19(15-17)21(27)26(2)3;/h6-12,15H,5,13-14,16H2,1-4H3,(H2,23,24,25);1H. The van der Waals surface area contributed by atoms with Gasteiger partial charge in [0.05, 0.1) is 6.54 Å². The third-order valence-electron chi connectivity index (χ3n) is 4.21. The highest BCUT2D eigenvalue weighted by atomic mass is 127. The van der Waals surface area contributed by atoms with Crippen LogP contribution in [0.25, 0.3) is 0 Å². The van der Waals surface area contributed by atoms with E-state index in [-0.39, 0.29) is 29.9 Å². The highest BCUT2D eigenvalue weighted by Crippen LogP contribution is 2.15. The van der Waals surface area contributed by atoms with Crippen molar-refractivity contribution in [2.24, 2.45) is 4.99 Å². The van der Waals surface area contributed by atoms with Crippen LogP contribution < -0.4 is 10.6 Å². The molecule has 7 heteroatoms. The number of hydrogen-bond acceptors (Lipinski definition) is 3. The molecule has 0 heterocycles. The Balaban J connectivity index is 0.00000420. The van der Waals surface area contributed by atoms with Gasteiger partial charge in [0.25, 0.3) is 5.91 Å². The molecule has 0 aromatic heterocycles. The molecule has 0 spiro atoms. The monoisotopic (exact) mass is 526 g/mol. The summed E-state index contributed by atoms with van der Waals surface area (Å²) < 4.78 is 0. The van der Waals surface area contributed by atoms with Crippen LogP contribution in [0.1, 0.15) is 28.4 Å². The maximum Gasteiger partial charge on any atom is 0.253 e. The summed E-state index contributed by atoms with van der Waals surface area (Å²) in [4.78, 5) is 19.6. The number of amides is 1. The lowest BCUT2D eigenvalue weighted by Gasteiger charge is -2.13. The molecular formula is C22H31IN4OS. The SMILES string of the molecule is CCNC(=NCc1ccc(SC)cc1)NCCc1cccc(C(=O)N(C)C)c1.I. The fraction of sp³-hybridized carbons (Fsp3) is 0.364. The molecule has 0 radical (unpaired) electrons. The molecule has 1 amide bonds. The zero-order chi connectivity index (χ0) is 20.4. The number of guanidine groups is 1. The molecule has 0 bridgehead atoms. The van der Waals surface area contributed by atoms with Gasteiger partial charge in [0.1, 0.15) is 0 Å². The van der Waals surface area contributed by atoms with E-state index in [1.807, 2.05) is 24.3 Å². The minimum absolute atomic E-state index is 0. The Morgan fingerprint density at radius 1 is 1.07 bits per heavy atom. The number of carbonyl (C=O) groups is 1. The minimum Gasteiger partial charge on any atom is -0.357 e. The first-order chi connectivity index (χ1) is 13.5. The third kappa shape index (κ3) is 8.65. The van der Waals surface area contributed by atoms with Crippen LogP contribution in [0.4, 0.5) is 0 Å². The molecular weight excluding hydrogens is 495 g/mol. The molecule has 2 N–H and O–H groups in total. The van der Waals surface area contributed by atoms with Gasteiger partial charge in [-0.05, 0) is 55.0 Å². The number of halogens is 1. The number of nitrogens with one attached hydrogen (secondary N) is 2. The molecule has 2 rings (SSSR count). The van der Waals surface area contributed by atoms with Crippen molar-refractivity contribution in [1.29, 1.82) is 0 Å². The molecule has 2 aromatic carbocycles. The molecule has 0 saturated carbocycles. The summed E-state index contributed by atoms with van der Waals surface area (Å²) in [5.74, 6) is 0.828. The van der Waals surface area contributed by atoms with Gasteiger partial charge in [-0.1, -0.05) is 24.3 Å². The van der Waals surface area contributed by atoms with Crippen LogP contribution in [0.15, 0.2) is 58.4 Å². The number of carbonyl (C=O) groups excluding carboxylic acids is 1. The number of nitrogens with zero attached hydrogens (tertiary/aromatic N) is 2. The Morgan fingerprint density at radius 3 is 2.41 bits per heavy atom. The normalized spacial score (nSPS) is 10.8. The summed E-state index contributed by atoms with van der Waals surface area (Å²) >= 11 is 1.74. The van der Waals surface area contributed by atoms with E-state index < -0.39 is 0 Å².